The van der Waals surface area contributed by atoms with E-state index in [0.717, 1.165) is 35.8 Å². The van der Waals surface area contributed by atoms with E-state index in [9.17, 15) is 4.79 Å². The van der Waals surface area contributed by atoms with Crippen molar-refractivity contribution in [3.63, 3.8) is 0 Å². The highest BCUT2D eigenvalue weighted by Crippen LogP contribution is 2.35. The molecule has 2 aromatic rings. The summed E-state index contributed by atoms with van der Waals surface area (Å²) in [7, 11) is 3.25. The Morgan fingerprint density at radius 3 is 2.28 bits per heavy atom. The van der Waals surface area contributed by atoms with Gasteiger partial charge in [-0.2, -0.15) is 0 Å². The molecule has 3 N–H and O–H groups in total. The quantitative estimate of drug-likeness (QED) is 0.550. The molecule has 1 aromatic carbocycles. The van der Waals surface area contributed by atoms with Gasteiger partial charge in [-0.3, -0.25) is 9.69 Å². The fraction of sp³-hybridized carbons (Fsp3) is 0.429. The first-order chi connectivity index (χ1) is 15.3. The summed E-state index contributed by atoms with van der Waals surface area (Å²) in [5, 5.41) is 20.2. The van der Waals surface area contributed by atoms with Crippen molar-refractivity contribution >= 4 is 34.3 Å². The number of aromatic nitrogens is 1. The summed E-state index contributed by atoms with van der Waals surface area (Å²) in [4.78, 5) is 37.3. The van der Waals surface area contributed by atoms with Gasteiger partial charge in [0.15, 0.2) is 5.13 Å². The normalized spacial score (nSPS) is 13.8. The number of hydrogen-bond acceptors (Lipinski definition) is 8. The minimum atomic E-state index is -1.82. The van der Waals surface area contributed by atoms with Gasteiger partial charge in [0.05, 0.1) is 26.5 Å². The third-order valence-electron chi connectivity index (χ3n) is 4.68. The topological polar surface area (TPSA) is 138 Å². The number of carbonyl (C=O) groups is 3. The lowest BCUT2D eigenvalue weighted by Gasteiger charge is -2.18. The van der Waals surface area contributed by atoms with E-state index in [-0.39, 0.29) is 5.91 Å². The molecular weight excluding hydrogens is 438 g/mol. The number of thiazole rings is 1. The van der Waals surface area contributed by atoms with Gasteiger partial charge in [-0.25, -0.2) is 14.6 Å². The maximum Gasteiger partial charge on any atom is 0.414 e. The lowest BCUT2D eigenvalue weighted by molar-refractivity contribution is -0.159. The minimum Gasteiger partial charge on any atom is -0.497 e. The van der Waals surface area contributed by atoms with Crippen molar-refractivity contribution in [2.45, 2.75) is 25.7 Å². The molecule has 0 bridgehead atoms. The van der Waals surface area contributed by atoms with Crippen molar-refractivity contribution in [3.05, 3.63) is 23.6 Å². The van der Waals surface area contributed by atoms with Crippen molar-refractivity contribution in [3.8, 4) is 22.8 Å². The number of amides is 1. The predicted molar refractivity (Wildman–Crippen MR) is 119 cm³/mol. The van der Waals surface area contributed by atoms with E-state index >= 15 is 0 Å². The first-order valence-corrected chi connectivity index (χ1v) is 10.9. The molecule has 3 rings (SSSR count). The van der Waals surface area contributed by atoms with Crippen LogP contribution in [0, 0.1) is 0 Å². The first kappa shape index (κ1) is 25.1. The number of carbonyl (C=O) groups excluding carboxylic acids is 1. The Hall–Kier alpha value is -3.18. The lowest BCUT2D eigenvalue weighted by atomic mass is 10.1. The molecule has 1 aliphatic rings. The van der Waals surface area contributed by atoms with Gasteiger partial charge < -0.3 is 25.0 Å². The number of carboxylic acids is 2. The summed E-state index contributed by atoms with van der Waals surface area (Å²) >= 11 is 1.41. The highest BCUT2D eigenvalue weighted by atomic mass is 32.1. The maximum absolute atomic E-state index is 12.3. The number of rotatable bonds is 6. The van der Waals surface area contributed by atoms with Crippen LogP contribution in [-0.2, 0) is 14.4 Å². The summed E-state index contributed by atoms with van der Waals surface area (Å²) < 4.78 is 10.7. The highest BCUT2D eigenvalue weighted by molar-refractivity contribution is 7.14. The summed E-state index contributed by atoms with van der Waals surface area (Å²) in [5.74, 6) is -2.20. The maximum atomic E-state index is 12.3. The molecule has 1 aliphatic heterocycles. The molecule has 32 heavy (non-hydrogen) atoms. The zero-order valence-electron chi connectivity index (χ0n) is 18.0. The molecule has 2 heterocycles. The molecule has 0 radical (unpaired) electrons. The third kappa shape index (κ3) is 7.82. The van der Waals surface area contributed by atoms with Gasteiger partial charge in [-0.05, 0) is 44.1 Å². The molecule has 0 spiro atoms. The average Bonchev–Trinajstić information content (AvgIpc) is 3.08. The number of ether oxygens (including phenoxy) is 2. The molecule has 11 heteroatoms. The van der Waals surface area contributed by atoms with Crippen molar-refractivity contribution in [1.29, 1.82) is 0 Å². The van der Waals surface area contributed by atoms with Crippen LogP contribution in [-0.4, -0.2) is 71.8 Å². The molecule has 0 unspecified atom stereocenters. The van der Waals surface area contributed by atoms with Gasteiger partial charge >= 0.3 is 11.9 Å². The van der Waals surface area contributed by atoms with Gasteiger partial charge in [0.1, 0.15) is 11.5 Å². The molecule has 10 nitrogen and oxygen atoms in total. The Kier molecular flexibility index (Phi) is 9.89. The number of methoxy groups -OCH3 is 2. The number of likely N-dealkylation sites (tertiary alicyclic amines) is 1. The zero-order valence-corrected chi connectivity index (χ0v) is 18.8. The molecule has 1 fully saturated rings. The molecular formula is C21H27N3O7S. The van der Waals surface area contributed by atoms with E-state index in [0.29, 0.717) is 11.7 Å². The molecule has 1 aromatic heterocycles. The molecule has 0 aliphatic carbocycles. The van der Waals surface area contributed by atoms with Gasteiger partial charge in [0.2, 0.25) is 5.91 Å². The van der Waals surface area contributed by atoms with Crippen LogP contribution in [0.1, 0.15) is 25.7 Å². The van der Waals surface area contributed by atoms with Crippen molar-refractivity contribution in [2.24, 2.45) is 0 Å². The second-order valence-electron chi connectivity index (χ2n) is 6.95. The monoisotopic (exact) mass is 465 g/mol. The third-order valence-corrected chi connectivity index (χ3v) is 5.44. The summed E-state index contributed by atoms with van der Waals surface area (Å²) in [5.41, 5.74) is 1.60. The van der Waals surface area contributed by atoms with Gasteiger partial charge in [-0.1, -0.05) is 12.8 Å². The van der Waals surface area contributed by atoms with E-state index < -0.39 is 11.9 Å². The van der Waals surface area contributed by atoms with E-state index in [1.165, 1.54) is 37.0 Å². The van der Waals surface area contributed by atoms with Crippen LogP contribution < -0.4 is 14.8 Å². The standard InChI is InChI=1S/C19H25N3O3S.C2H2O4/c1-24-14-7-8-17(25-2)15(11-14)16-13-26-19(20-16)21-18(23)12-22-9-5-3-4-6-10-22;3-1(4)2(5)6/h7-8,11,13H,3-6,9-10,12H2,1-2H3,(H,20,21,23);(H,3,4)(H,5,6). The van der Waals surface area contributed by atoms with Crippen LogP contribution in [0.3, 0.4) is 0 Å². The highest BCUT2D eigenvalue weighted by Gasteiger charge is 2.16. The summed E-state index contributed by atoms with van der Waals surface area (Å²) in [6, 6.07) is 5.58. The SMILES string of the molecule is COc1ccc(OC)c(-c2csc(NC(=O)CN3CCCCCC3)n2)c1.O=C(O)C(=O)O. The number of anilines is 1. The number of nitrogens with one attached hydrogen (secondary N) is 1. The number of nitrogens with zero attached hydrogens (tertiary/aromatic N) is 2. The van der Waals surface area contributed by atoms with Gasteiger partial charge in [0.25, 0.3) is 0 Å². The van der Waals surface area contributed by atoms with Gasteiger partial charge in [-0.15, -0.1) is 11.3 Å². The largest absolute Gasteiger partial charge is 0.497 e. The van der Waals surface area contributed by atoms with E-state index in [4.69, 9.17) is 29.3 Å². The molecule has 174 valence electrons. The summed E-state index contributed by atoms with van der Waals surface area (Å²) in [6.07, 6.45) is 4.86. The lowest BCUT2D eigenvalue weighted by Crippen LogP contribution is -2.33. The van der Waals surface area contributed by atoms with Gasteiger partial charge in [0, 0.05) is 10.9 Å². The average molecular weight is 466 g/mol. The number of carboxylic acid groups (broad SMARTS) is 2. The molecule has 0 atom stereocenters. The van der Waals surface area contributed by atoms with Crippen LogP contribution in [0.15, 0.2) is 23.6 Å². The second-order valence-corrected chi connectivity index (χ2v) is 7.81. The smallest absolute Gasteiger partial charge is 0.414 e. The predicted octanol–water partition coefficient (Wildman–Crippen LogP) is 2.80. The fourth-order valence-corrected chi connectivity index (χ4v) is 3.85. The Morgan fingerprint density at radius 1 is 1.06 bits per heavy atom. The Labute approximate surface area is 189 Å². The molecule has 1 saturated heterocycles. The van der Waals surface area contributed by atoms with Crippen molar-refractivity contribution in [1.82, 2.24) is 9.88 Å². The van der Waals surface area contributed by atoms with Crippen LogP contribution in [0.25, 0.3) is 11.3 Å². The Morgan fingerprint density at radius 2 is 1.72 bits per heavy atom. The van der Waals surface area contributed by atoms with Crippen molar-refractivity contribution < 1.29 is 34.1 Å². The summed E-state index contributed by atoms with van der Waals surface area (Å²) in [6.45, 7) is 2.42. The van der Waals surface area contributed by atoms with Crippen LogP contribution in [0.4, 0.5) is 5.13 Å². The van der Waals surface area contributed by atoms with E-state index in [1.807, 2.05) is 23.6 Å². The Bertz CT molecular complexity index is 912. The zero-order chi connectivity index (χ0) is 23.5. The van der Waals surface area contributed by atoms with Crippen molar-refractivity contribution in [2.75, 3.05) is 39.2 Å². The fourth-order valence-electron chi connectivity index (χ4n) is 3.13. The van der Waals surface area contributed by atoms with Crippen LogP contribution >= 0.6 is 11.3 Å². The number of hydrogen-bond donors (Lipinski definition) is 3. The minimum absolute atomic E-state index is 0.00888. The van der Waals surface area contributed by atoms with E-state index in [2.05, 4.69) is 15.2 Å². The molecule has 0 saturated carbocycles. The van der Waals surface area contributed by atoms with Crippen LogP contribution in [0.2, 0.25) is 0 Å². The number of aliphatic carboxylic acids is 2. The first-order valence-electron chi connectivity index (χ1n) is 10.0. The van der Waals surface area contributed by atoms with Crippen LogP contribution in [0.5, 0.6) is 11.5 Å². The second kappa shape index (κ2) is 12.6. The molecule has 1 amide bonds. The van der Waals surface area contributed by atoms with E-state index in [1.54, 1.807) is 14.2 Å². The number of benzene rings is 1. The Balaban J connectivity index is 0.000000534.